The molecule has 1 atom stereocenters. The van der Waals surface area contributed by atoms with Gasteiger partial charge < -0.3 is 14.6 Å². The first kappa shape index (κ1) is 81.3. The summed E-state index contributed by atoms with van der Waals surface area (Å²) >= 11 is 0. The van der Waals surface area contributed by atoms with E-state index in [1.54, 1.807) is 0 Å². The Morgan fingerprint density at radius 1 is 0.267 bits per heavy atom. The van der Waals surface area contributed by atoms with Crippen LogP contribution in [0.25, 0.3) is 0 Å². The average Bonchev–Trinajstić information content (AvgIpc) is 3.55. The molecule has 0 saturated carbocycles. The fourth-order valence-electron chi connectivity index (χ4n) is 9.75. The summed E-state index contributed by atoms with van der Waals surface area (Å²) in [5, 5.41) is 9.70. The number of ether oxygens (including phenoxy) is 2. The number of aliphatic hydroxyl groups is 1. The van der Waals surface area contributed by atoms with E-state index in [4.69, 9.17) is 9.47 Å². The SMILES string of the molecule is CC/C=C\C/C=C\C/C=C\C/C=C\C/C=C\C/C=C\C/C=C\C/C=C\C/C=C\C/C=C\CCCCCCC(=O)OC(CO)COC(=O)CCCCCCCCCCCCCCCCCCCCCCCCCC/C=C\C/C=C\C/C=C\C/C=C\CC. The lowest BCUT2D eigenvalue weighted by Crippen LogP contribution is -2.28. The number of esters is 2. The van der Waals surface area contributed by atoms with Crippen LogP contribution in [0.15, 0.2) is 170 Å². The highest BCUT2D eigenvalue weighted by Crippen LogP contribution is 2.17. The van der Waals surface area contributed by atoms with Crippen molar-refractivity contribution in [2.75, 3.05) is 13.2 Å². The second-order valence-corrected chi connectivity index (χ2v) is 23.2. The summed E-state index contributed by atoms with van der Waals surface area (Å²) in [5.41, 5.74) is 0. The Morgan fingerprint density at radius 3 is 0.698 bits per heavy atom. The lowest BCUT2D eigenvalue weighted by molar-refractivity contribution is -0.161. The maximum atomic E-state index is 12.4. The van der Waals surface area contributed by atoms with Crippen molar-refractivity contribution in [3.63, 3.8) is 0 Å². The molecule has 0 radical (unpaired) electrons. The van der Waals surface area contributed by atoms with E-state index in [-0.39, 0.29) is 25.2 Å². The van der Waals surface area contributed by atoms with Gasteiger partial charge in [0.2, 0.25) is 0 Å². The molecule has 0 aliphatic heterocycles. The molecule has 0 amide bonds. The Bertz CT molecular complexity index is 1870. The van der Waals surface area contributed by atoms with Gasteiger partial charge in [0.05, 0.1) is 6.61 Å². The molecule has 486 valence electrons. The van der Waals surface area contributed by atoms with Crippen molar-refractivity contribution in [1.82, 2.24) is 0 Å². The molecule has 0 saturated heterocycles. The number of aliphatic hydroxyl groups excluding tert-OH is 1. The first-order valence-corrected chi connectivity index (χ1v) is 35.7. The third-order valence-electron chi connectivity index (χ3n) is 15.0. The molecule has 5 heteroatoms. The summed E-state index contributed by atoms with van der Waals surface area (Å²) in [4.78, 5) is 24.7. The average molecular weight is 1190 g/mol. The van der Waals surface area contributed by atoms with Crippen LogP contribution in [-0.4, -0.2) is 36.4 Å². The molecule has 0 rings (SSSR count). The molecule has 0 bridgehead atoms. The minimum Gasteiger partial charge on any atom is -0.462 e. The third kappa shape index (κ3) is 71.7. The number of carbonyl (C=O) groups excluding carboxylic acids is 2. The number of hydrogen-bond donors (Lipinski definition) is 1. The Hall–Kier alpha value is -4.74. The number of hydrogen-bond acceptors (Lipinski definition) is 5. The molecular weight excluding hydrogens is 1050 g/mol. The smallest absolute Gasteiger partial charge is 0.306 e. The standard InChI is InChI=1S/C81H132O5/c1-3-5-7-9-11-13-15-17-19-21-23-25-27-29-31-33-35-37-39-40-42-43-45-47-49-51-53-55-57-59-61-63-65-67-69-71-73-75-80(83)85-78-79(77-82)86-81(84)76-74-72-70-68-66-64-62-60-58-56-54-52-50-48-46-44-41-38-36-34-32-30-28-26-24-22-20-18-16-14-12-10-8-6-4-2/h5-8,11-14,17-20,23-26,30,32,36,38,44,46,50,52,56,58,62,64,79,82H,3-4,9-10,15-16,21-22,27-29,31,33-35,37,39-43,45,47-49,51,53-55,57,59-61,63,65-78H2,1-2H3/b7-5-,8-6-,13-11-,14-12-,19-17-,20-18-,25-23-,26-24-,32-30-,38-36-,46-44-,52-50-,58-56-,64-62-. The number of carbonyl (C=O) groups is 2. The van der Waals surface area contributed by atoms with Gasteiger partial charge in [-0.1, -0.05) is 338 Å². The predicted octanol–water partition coefficient (Wildman–Crippen LogP) is 25.2. The highest BCUT2D eigenvalue weighted by Gasteiger charge is 2.16. The zero-order valence-electron chi connectivity index (χ0n) is 55.8. The Balaban J connectivity index is 3.54. The van der Waals surface area contributed by atoms with E-state index in [0.717, 1.165) is 141 Å². The zero-order valence-corrected chi connectivity index (χ0v) is 55.8. The van der Waals surface area contributed by atoms with Crippen LogP contribution in [0.3, 0.4) is 0 Å². The second-order valence-electron chi connectivity index (χ2n) is 23.2. The predicted molar refractivity (Wildman–Crippen MR) is 380 cm³/mol. The van der Waals surface area contributed by atoms with Crippen LogP contribution in [0.5, 0.6) is 0 Å². The number of rotatable bonds is 64. The molecule has 0 aliphatic carbocycles. The van der Waals surface area contributed by atoms with E-state index in [9.17, 15) is 14.7 Å². The van der Waals surface area contributed by atoms with Gasteiger partial charge in [-0.2, -0.15) is 0 Å². The van der Waals surface area contributed by atoms with Crippen molar-refractivity contribution in [3.05, 3.63) is 170 Å². The summed E-state index contributed by atoms with van der Waals surface area (Å²) in [6.45, 7) is 3.91. The third-order valence-corrected chi connectivity index (χ3v) is 15.0. The zero-order chi connectivity index (χ0) is 61.9. The quantitative estimate of drug-likeness (QED) is 0.0373. The topological polar surface area (TPSA) is 72.8 Å². The van der Waals surface area contributed by atoms with Crippen molar-refractivity contribution >= 4 is 11.9 Å². The maximum absolute atomic E-state index is 12.4. The molecule has 1 N–H and O–H groups in total. The van der Waals surface area contributed by atoms with E-state index >= 15 is 0 Å². The number of unbranched alkanes of at least 4 members (excludes halogenated alkanes) is 28. The minimum absolute atomic E-state index is 0.0833. The van der Waals surface area contributed by atoms with Crippen LogP contribution in [0.2, 0.25) is 0 Å². The molecule has 0 aromatic heterocycles. The molecule has 0 heterocycles. The van der Waals surface area contributed by atoms with Gasteiger partial charge in [0.25, 0.3) is 0 Å². The van der Waals surface area contributed by atoms with Gasteiger partial charge in [0, 0.05) is 12.8 Å². The summed E-state index contributed by atoms with van der Waals surface area (Å²) in [6.07, 6.45) is 115. The Kier molecular flexibility index (Phi) is 70.4. The first-order valence-electron chi connectivity index (χ1n) is 35.7. The Morgan fingerprint density at radius 2 is 0.465 bits per heavy atom. The van der Waals surface area contributed by atoms with Crippen molar-refractivity contribution in [2.24, 2.45) is 0 Å². The molecule has 0 spiro atoms. The summed E-state index contributed by atoms with van der Waals surface area (Å²) < 4.78 is 10.7. The van der Waals surface area contributed by atoms with Gasteiger partial charge in [-0.15, -0.1) is 0 Å². The fraction of sp³-hybridized carbons (Fsp3) is 0.630. The van der Waals surface area contributed by atoms with Crippen molar-refractivity contribution in [1.29, 1.82) is 0 Å². The van der Waals surface area contributed by atoms with Crippen molar-refractivity contribution in [3.8, 4) is 0 Å². The second kappa shape index (κ2) is 74.5. The van der Waals surface area contributed by atoms with Crippen LogP contribution in [0.4, 0.5) is 0 Å². The van der Waals surface area contributed by atoms with E-state index in [2.05, 4.69) is 184 Å². The van der Waals surface area contributed by atoms with Crippen LogP contribution in [-0.2, 0) is 19.1 Å². The van der Waals surface area contributed by atoms with Gasteiger partial charge in [0.1, 0.15) is 6.61 Å². The normalized spacial score (nSPS) is 13.3. The fourth-order valence-corrected chi connectivity index (χ4v) is 9.75. The molecule has 0 aliphatic rings. The monoisotopic (exact) mass is 1190 g/mol. The summed E-state index contributed by atoms with van der Waals surface area (Å²) in [6, 6.07) is 0. The molecular formula is C81H132O5. The highest BCUT2D eigenvalue weighted by atomic mass is 16.6. The van der Waals surface area contributed by atoms with E-state index in [1.165, 1.54) is 141 Å². The van der Waals surface area contributed by atoms with E-state index < -0.39 is 6.10 Å². The largest absolute Gasteiger partial charge is 0.462 e. The van der Waals surface area contributed by atoms with Gasteiger partial charge in [0.15, 0.2) is 6.10 Å². The van der Waals surface area contributed by atoms with Gasteiger partial charge >= 0.3 is 11.9 Å². The molecule has 0 fully saturated rings. The highest BCUT2D eigenvalue weighted by molar-refractivity contribution is 5.70. The van der Waals surface area contributed by atoms with E-state index in [1.807, 2.05) is 0 Å². The van der Waals surface area contributed by atoms with Gasteiger partial charge in [-0.3, -0.25) is 9.59 Å². The van der Waals surface area contributed by atoms with Gasteiger partial charge in [-0.05, 0) is 128 Å². The van der Waals surface area contributed by atoms with Crippen molar-refractivity contribution in [2.45, 2.75) is 315 Å². The molecule has 5 nitrogen and oxygen atoms in total. The first-order chi connectivity index (χ1) is 42.6. The van der Waals surface area contributed by atoms with Crippen molar-refractivity contribution < 1.29 is 24.2 Å². The lowest BCUT2D eigenvalue weighted by Gasteiger charge is -2.15. The molecule has 86 heavy (non-hydrogen) atoms. The summed E-state index contributed by atoms with van der Waals surface area (Å²) in [5.74, 6) is -0.620. The van der Waals surface area contributed by atoms with Crippen LogP contribution < -0.4 is 0 Å². The summed E-state index contributed by atoms with van der Waals surface area (Å²) in [7, 11) is 0. The van der Waals surface area contributed by atoms with E-state index in [0.29, 0.717) is 12.8 Å². The van der Waals surface area contributed by atoms with Gasteiger partial charge in [-0.25, -0.2) is 0 Å². The van der Waals surface area contributed by atoms with Crippen LogP contribution in [0.1, 0.15) is 309 Å². The van der Waals surface area contributed by atoms with Crippen LogP contribution >= 0.6 is 0 Å². The Labute approximate surface area is 532 Å². The lowest BCUT2D eigenvalue weighted by atomic mass is 10.0. The molecule has 0 aromatic rings. The maximum Gasteiger partial charge on any atom is 0.306 e. The minimum atomic E-state index is -0.798. The molecule has 1 unspecified atom stereocenters. The molecule has 0 aromatic carbocycles. The number of allylic oxidation sites excluding steroid dienone is 28. The van der Waals surface area contributed by atoms with Crippen LogP contribution in [0, 0.1) is 0 Å².